The van der Waals surface area contributed by atoms with Gasteiger partial charge in [-0.25, -0.2) is 0 Å². The molecule has 0 spiro atoms. The molecule has 0 aromatic carbocycles. The topological polar surface area (TPSA) is 72.3 Å². The van der Waals surface area contributed by atoms with Crippen molar-refractivity contribution >= 4 is 5.82 Å². The molecule has 32 heavy (non-hydrogen) atoms. The Balaban J connectivity index is 1.15. The Kier molecular flexibility index (Phi) is 6.19. The number of rotatable bonds is 6. The average molecular weight is 446 g/mol. The lowest BCUT2D eigenvalue weighted by atomic mass is 10.00. The van der Waals surface area contributed by atoms with Crippen molar-refractivity contribution in [3.05, 3.63) is 40.8 Å². The number of nitrogens with zero attached hydrogens (tertiary/aromatic N) is 4. The van der Waals surface area contributed by atoms with Gasteiger partial charge < -0.3 is 15.0 Å². The van der Waals surface area contributed by atoms with Crippen LogP contribution in [0.3, 0.4) is 0 Å². The second-order valence-corrected chi connectivity index (χ2v) is 9.35. The van der Waals surface area contributed by atoms with E-state index in [9.17, 15) is 13.6 Å². The SMILES string of the molecule is O=c1ccc(-c2ccc(NC3C[C@@H]4CN(CC5CCOCC5)C[C@@H]4C3)nn2)cn1C(F)F. The highest BCUT2D eigenvalue weighted by molar-refractivity contribution is 5.58. The van der Waals surface area contributed by atoms with E-state index in [1.165, 1.54) is 38.5 Å². The van der Waals surface area contributed by atoms with Crippen LogP contribution in [0.2, 0.25) is 0 Å². The molecule has 2 saturated heterocycles. The average Bonchev–Trinajstić information content (AvgIpc) is 3.33. The molecule has 5 rings (SSSR count). The number of hydrogen-bond donors (Lipinski definition) is 1. The zero-order chi connectivity index (χ0) is 22.1. The first kappa shape index (κ1) is 21.5. The molecule has 172 valence electrons. The molecule has 0 bridgehead atoms. The van der Waals surface area contributed by atoms with E-state index in [-0.39, 0.29) is 0 Å². The van der Waals surface area contributed by atoms with Crippen molar-refractivity contribution in [2.24, 2.45) is 17.8 Å². The van der Waals surface area contributed by atoms with Gasteiger partial charge in [-0.1, -0.05) is 0 Å². The molecule has 2 aliphatic heterocycles. The molecule has 1 N–H and O–H groups in total. The number of pyridine rings is 1. The van der Waals surface area contributed by atoms with Gasteiger partial charge in [-0.05, 0) is 61.6 Å². The number of fused-ring (bicyclic) bond motifs is 1. The van der Waals surface area contributed by atoms with Gasteiger partial charge in [0.05, 0.1) is 5.69 Å². The minimum absolute atomic E-state index is 0.385. The summed E-state index contributed by atoms with van der Waals surface area (Å²) in [4.78, 5) is 14.2. The summed E-state index contributed by atoms with van der Waals surface area (Å²) in [6.45, 7) is 2.52. The first-order valence-electron chi connectivity index (χ1n) is 11.5. The highest BCUT2D eigenvalue weighted by Gasteiger charge is 2.41. The Hall–Kier alpha value is -2.39. The lowest BCUT2D eigenvalue weighted by Gasteiger charge is -2.27. The quantitative estimate of drug-likeness (QED) is 0.736. The van der Waals surface area contributed by atoms with Crippen molar-refractivity contribution in [1.82, 2.24) is 19.7 Å². The lowest BCUT2D eigenvalue weighted by molar-refractivity contribution is 0.0545. The number of hydrogen-bond acceptors (Lipinski definition) is 6. The third-order valence-electron chi connectivity index (χ3n) is 7.14. The normalized spacial score (nSPS) is 26.5. The van der Waals surface area contributed by atoms with Gasteiger partial charge >= 0.3 is 6.55 Å². The third kappa shape index (κ3) is 4.68. The molecule has 2 aromatic rings. The first-order chi connectivity index (χ1) is 15.5. The fourth-order valence-electron chi connectivity index (χ4n) is 5.54. The summed E-state index contributed by atoms with van der Waals surface area (Å²) in [6, 6.07) is 6.57. The molecule has 3 fully saturated rings. The molecule has 1 unspecified atom stereocenters. The molecule has 2 aromatic heterocycles. The number of aromatic nitrogens is 3. The molecule has 3 atom stereocenters. The summed E-state index contributed by atoms with van der Waals surface area (Å²) in [5.74, 6) is 2.94. The molecule has 1 saturated carbocycles. The minimum atomic E-state index is -2.88. The fourth-order valence-corrected chi connectivity index (χ4v) is 5.54. The van der Waals surface area contributed by atoms with Crippen LogP contribution in [0.15, 0.2) is 35.3 Å². The van der Waals surface area contributed by atoms with E-state index >= 15 is 0 Å². The molecule has 1 aliphatic carbocycles. The summed E-state index contributed by atoms with van der Waals surface area (Å²) in [5.41, 5.74) is 0.147. The van der Waals surface area contributed by atoms with Crippen molar-refractivity contribution in [1.29, 1.82) is 0 Å². The monoisotopic (exact) mass is 445 g/mol. The zero-order valence-electron chi connectivity index (χ0n) is 18.0. The van der Waals surface area contributed by atoms with Crippen molar-refractivity contribution < 1.29 is 13.5 Å². The molecule has 7 nitrogen and oxygen atoms in total. The number of halogens is 2. The standard InChI is InChI=1S/C23H29F2N5O2/c24-23(25)30-14-16(1-4-22(30)31)20-2-3-21(28-27-20)26-19-9-17-12-29(13-18(17)10-19)11-15-5-7-32-8-6-15/h1-4,14-15,17-19,23H,5-13H2,(H,26,28)/t17-,18+,19?. The smallest absolute Gasteiger partial charge is 0.321 e. The molecule has 3 aliphatic rings. The predicted molar refractivity (Wildman–Crippen MR) is 117 cm³/mol. The number of ether oxygens (including phenoxy) is 1. The summed E-state index contributed by atoms with van der Waals surface area (Å²) in [7, 11) is 0. The van der Waals surface area contributed by atoms with E-state index in [2.05, 4.69) is 20.4 Å². The van der Waals surface area contributed by atoms with Crippen LogP contribution in [-0.4, -0.2) is 58.6 Å². The van der Waals surface area contributed by atoms with Gasteiger partial charge in [-0.2, -0.15) is 8.78 Å². The van der Waals surface area contributed by atoms with Crippen LogP contribution in [0.25, 0.3) is 11.3 Å². The maximum Gasteiger partial charge on any atom is 0.321 e. The van der Waals surface area contributed by atoms with Gasteiger partial charge in [0.1, 0.15) is 5.82 Å². The minimum Gasteiger partial charge on any atom is -0.381 e. The van der Waals surface area contributed by atoms with Gasteiger partial charge in [-0.15, -0.1) is 10.2 Å². The van der Waals surface area contributed by atoms with Gasteiger partial charge in [-0.3, -0.25) is 9.36 Å². The zero-order valence-corrected chi connectivity index (χ0v) is 18.0. The van der Waals surface area contributed by atoms with Crippen molar-refractivity contribution in [3.63, 3.8) is 0 Å². The highest BCUT2D eigenvalue weighted by atomic mass is 19.3. The van der Waals surface area contributed by atoms with Crippen LogP contribution in [-0.2, 0) is 4.74 Å². The van der Waals surface area contributed by atoms with E-state index < -0.39 is 12.1 Å². The summed E-state index contributed by atoms with van der Waals surface area (Å²) < 4.78 is 31.8. The van der Waals surface area contributed by atoms with Crippen LogP contribution in [0.5, 0.6) is 0 Å². The van der Waals surface area contributed by atoms with Crippen LogP contribution < -0.4 is 10.9 Å². The van der Waals surface area contributed by atoms with E-state index in [1.54, 1.807) is 6.07 Å². The van der Waals surface area contributed by atoms with Gasteiger partial charge in [0.25, 0.3) is 5.56 Å². The van der Waals surface area contributed by atoms with E-state index in [1.807, 2.05) is 6.07 Å². The van der Waals surface area contributed by atoms with Gasteiger partial charge in [0.2, 0.25) is 0 Å². The maximum atomic E-state index is 13.0. The molecule has 0 amide bonds. The lowest BCUT2D eigenvalue weighted by Crippen LogP contribution is -2.32. The van der Waals surface area contributed by atoms with Crippen molar-refractivity contribution in [3.8, 4) is 11.3 Å². The Morgan fingerprint density at radius 3 is 2.47 bits per heavy atom. The van der Waals surface area contributed by atoms with E-state index in [4.69, 9.17) is 4.74 Å². The number of anilines is 1. The molecule has 0 radical (unpaired) electrons. The second-order valence-electron chi connectivity index (χ2n) is 9.35. The maximum absolute atomic E-state index is 13.0. The van der Waals surface area contributed by atoms with E-state index in [0.29, 0.717) is 27.7 Å². The number of likely N-dealkylation sites (tertiary alicyclic amines) is 1. The summed E-state index contributed by atoms with van der Waals surface area (Å²) in [6.07, 6.45) is 5.77. The molecular weight excluding hydrogens is 416 g/mol. The van der Waals surface area contributed by atoms with Crippen molar-refractivity contribution in [2.45, 2.75) is 38.3 Å². The van der Waals surface area contributed by atoms with E-state index in [0.717, 1.165) is 56.1 Å². The Labute approximate surface area is 185 Å². The Bertz CT molecular complexity index is 963. The molecule has 4 heterocycles. The number of alkyl halides is 2. The predicted octanol–water partition coefficient (Wildman–Crippen LogP) is 3.25. The summed E-state index contributed by atoms with van der Waals surface area (Å²) in [5, 5.41) is 11.9. The van der Waals surface area contributed by atoms with Crippen LogP contribution >= 0.6 is 0 Å². The van der Waals surface area contributed by atoms with Crippen LogP contribution in [0.4, 0.5) is 14.6 Å². The summed E-state index contributed by atoms with van der Waals surface area (Å²) >= 11 is 0. The van der Waals surface area contributed by atoms with Gasteiger partial charge in [0, 0.05) is 56.7 Å². The van der Waals surface area contributed by atoms with Crippen LogP contribution in [0, 0.1) is 17.8 Å². The van der Waals surface area contributed by atoms with Crippen LogP contribution in [0.1, 0.15) is 32.2 Å². The Morgan fingerprint density at radius 2 is 1.81 bits per heavy atom. The van der Waals surface area contributed by atoms with Crippen molar-refractivity contribution in [2.75, 3.05) is 38.2 Å². The fraction of sp³-hybridized carbons (Fsp3) is 0.609. The first-order valence-corrected chi connectivity index (χ1v) is 11.5. The largest absolute Gasteiger partial charge is 0.381 e. The highest BCUT2D eigenvalue weighted by Crippen LogP contribution is 2.39. The Morgan fingerprint density at radius 1 is 1.06 bits per heavy atom. The second kappa shape index (κ2) is 9.23. The molecule has 9 heteroatoms. The van der Waals surface area contributed by atoms with Gasteiger partial charge in [0.15, 0.2) is 0 Å². The third-order valence-corrected chi connectivity index (χ3v) is 7.14. The number of nitrogens with one attached hydrogen (secondary N) is 1. The molecular formula is C23H29F2N5O2.